The highest BCUT2D eigenvalue weighted by Gasteiger charge is 2.41. The van der Waals surface area contributed by atoms with Gasteiger partial charge in [-0.15, -0.1) is 0 Å². The molecule has 0 aromatic heterocycles. The summed E-state index contributed by atoms with van der Waals surface area (Å²) < 4.78 is 0. The monoisotopic (exact) mass is 358 g/mol. The zero-order valence-corrected chi connectivity index (χ0v) is 15.7. The molecule has 0 radical (unpaired) electrons. The van der Waals surface area contributed by atoms with Crippen LogP contribution in [0.15, 0.2) is 97.1 Å². The van der Waals surface area contributed by atoms with Crippen molar-refractivity contribution in [3.8, 4) is 0 Å². The van der Waals surface area contributed by atoms with E-state index in [1.165, 1.54) is 44.8 Å². The lowest BCUT2D eigenvalue weighted by molar-refractivity contribution is 1.20. The molecule has 132 valence electrons. The third-order valence-corrected chi connectivity index (χ3v) is 6.06. The van der Waals surface area contributed by atoms with Gasteiger partial charge in [-0.05, 0) is 52.8 Å². The molecule has 0 saturated carbocycles. The second-order valence-corrected chi connectivity index (χ2v) is 7.49. The summed E-state index contributed by atoms with van der Waals surface area (Å²) in [6.07, 6.45) is 0. The van der Waals surface area contributed by atoms with Crippen molar-refractivity contribution in [1.29, 1.82) is 0 Å². The molecule has 0 saturated heterocycles. The SMILES string of the molecule is CN1c2ccccc2B2c3ccccc3N(c3ccccc3)c3cccc1c32. The predicted octanol–water partition coefficient (Wildman–Crippen LogP) is 4.07. The Bertz CT molecular complexity index is 1200. The lowest BCUT2D eigenvalue weighted by atomic mass is 9.33. The smallest absolute Gasteiger partial charge is 0.252 e. The second-order valence-electron chi connectivity index (χ2n) is 7.49. The maximum absolute atomic E-state index is 2.41. The molecule has 4 aromatic rings. The number of nitrogens with zero attached hydrogens (tertiary/aromatic N) is 2. The normalized spacial score (nSPS) is 13.7. The maximum Gasteiger partial charge on any atom is 0.252 e. The van der Waals surface area contributed by atoms with Crippen LogP contribution in [0.25, 0.3) is 0 Å². The maximum atomic E-state index is 2.41. The first-order valence-corrected chi connectivity index (χ1v) is 9.74. The third kappa shape index (κ3) is 1.99. The third-order valence-electron chi connectivity index (χ3n) is 6.06. The van der Waals surface area contributed by atoms with Crippen LogP contribution in [-0.2, 0) is 0 Å². The van der Waals surface area contributed by atoms with E-state index in [0.29, 0.717) is 0 Å². The number of hydrogen-bond donors (Lipinski definition) is 0. The van der Waals surface area contributed by atoms with Crippen molar-refractivity contribution in [1.82, 2.24) is 0 Å². The average Bonchev–Trinajstić information content (AvgIpc) is 2.77. The van der Waals surface area contributed by atoms with Crippen LogP contribution in [-0.4, -0.2) is 13.8 Å². The number of hydrogen-bond acceptors (Lipinski definition) is 2. The number of rotatable bonds is 1. The number of benzene rings is 4. The number of para-hydroxylation sites is 3. The molecule has 0 atom stereocenters. The van der Waals surface area contributed by atoms with E-state index in [2.05, 4.69) is 114 Å². The van der Waals surface area contributed by atoms with Gasteiger partial charge in [-0.3, -0.25) is 0 Å². The van der Waals surface area contributed by atoms with E-state index in [1.807, 2.05) is 0 Å². The van der Waals surface area contributed by atoms with Gasteiger partial charge in [0, 0.05) is 35.5 Å². The molecule has 4 aromatic carbocycles. The Hall–Kier alpha value is -3.46. The Balaban J connectivity index is 1.72. The molecule has 0 aliphatic carbocycles. The molecule has 28 heavy (non-hydrogen) atoms. The molecular formula is C25H19BN2. The highest BCUT2D eigenvalue weighted by Crippen LogP contribution is 2.40. The van der Waals surface area contributed by atoms with Crippen LogP contribution < -0.4 is 26.2 Å². The van der Waals surface area contributed by atoms with E-state index in [-0.39, 0.29) is 6.71 Å². The van der Waals surface area contributed by atoms with E-state index in [9.17, 15) is 0 Å². The van der Waals surface area contributed by atoms with Gasteiger partial charge in [0.05, 0.1) is 0 Å². The lowest BCUT2D eigenvalue weighted by Crippen LogP contribution is -2.61. The number of anilines is 5. The molecule has 2 nitrogen and oxygen atoms in total. The minimum absolute atomic E-state index is 0.259. The van der Waals surface area contributed by atoms with Crippen LogP contribution in [0.5, 0.6) is 0 Å². The van der Waals surface area contributed by atoms with E-state index in [0.717, 1.165) is 0 Å². The molecule has 0 bridgehead atoms. The summed E-state index contributed by atoms with van der Waals surface area (Å²) in [5.74, 6) is 0. The molecular weight excluding hydrogens is 339 g/mol. The first-order chi connectivity index (χ1) is 13.8. The Morgan fingerprint density at radius 3 is 1.89 bits per heavy atom. The summed E-state index contributed by atoms with van der Waals surface area (Å²) in [5, 5.41) is 0. The van der Waals surface area contributed by atoms with Crippen molar-refractivity contribution >= 4 is 51.5 Å². The summed E-state index contributed by atoms with van der Waals surface area (Å²) in [7, 11) is 2.18. The minimum atomic E-state index is 0.259. The Labute approximate surface area is 165 Å². The van der Waals surface area contributed by atoms with Gasteiger partial charge in [-0.25, -0.2) is 0 Å². The molecule has 0 unspecified atom stereocenters. The summed E-state index contributed by atoms with van der Waals surface area (Å²) in [6, 6.07) is 35.0. The van der Waals surface area contributed by atoms with Crippen molar-refractivity contribution in [2.45, 2.75) is 0 Å². The fraction of sp³-hybridized carbons (Fsp3) is 0.0400. The van der Waals surface area contributed by atoms with Gasteiger partial charge >= 0.3 is 0 Å². The predicted molar refractivity (Wildman–Crippen MR) is 120 cm³/mol. The highest BCUT2D eigenvalue weighted by atomic mass is 15.2. The topological polar surface area (TPSA) is 6.48 Å². The molecule has 2 heterocycles. The van der Waals surface area contributed by atoms with Gasteiger partial charge in [-0.2, -0.15) is 0 Å². The zero-order chi connectivity index (χ0) is 18.7. The van der Waals surface area contributed by atoms with Crippen molar-refractivity contribution < 1.29 is 0 Å². The quantitative estimate of drug-likeness (QED) is 0.417. The van der Waals surface area contributed by atoms with E-state index >= 15 is 0 Å². The van der Waals surface area contributed by atoms with Crippen molar-refractivity contribution in [3.05, 3.63) is 97.1 Å². The zero-order valence-electron chi connectivity index (χ0n) is 15.7. The molecule has 2 aliphatic heterocycles. The van der Waals surface area contributed by atoms with Crippen LogP contribution >= 0.6 is 0 Å². The van der Waals surface area contributed by atoms with E-state index in [4.69, 9.17) is 0 Å². The van der Waals surface area contributed by atoms with Crippen LogP contribution in [0, 0.1) is 0 Å². The molecule has 0 spiro atoms. The van der Waals surface area contributed by atoms with Crippen molar-refractivity contribution in [2.24, 2.45) is 0 Å². The molecule has 6 rings (SSSR count). The minimum Gasteiger partial charge on any atom is -0.345 e. The first-order valence-electron chi connectivity index (χ1n) is 9.74. The van der Waals surface area contributed by atoms with Crippen LogP contribution in [0.2, 0.25) is 0 Å². The van der Waals surface area contributed by atoms with Crippen molar-refractivity contribution in [2.75, 3.05) is 16.8 Å². The molecule has 0 fully saturated rings. The summed E-state index contributed by atoms with van der Waals surface area (Å²) >= 11 is 0. The largest absolute Gasteiger partial charge is 0.345 e. The van der Waals surface area contributed by atoms with Crippen molar-refractivity contribution in [3.63, 3.8) is 0 Å². The fourth-order valence-corrected chi connectivity index (χ4v) is 4.89. The number of fused-ring (bicyclic) bond motifs is 4. The van der Waals surface area contributed by atoms with Gasteiger partial charge < -0.3 is 9.80 Å². The van der Waals surface area contributed by atoms with E-state index < -0.39 is 0 Å². The lowest BCUT2D eigenvalue weighted by Gasteiger charge is -2.43. The van der Waals surface area contributed by atoms with Crippen LogP contribution in [0.3, 0.4) is 0 Å². The van der Waals surface area contributed by atoms with Gasteiger partial charge in [0.25, 0.3) is 6.71 Å². The second kappa shape index (κ2) is 5.77. The van der Waals surface area contributed by atoms with E-state index in [1.54, 1.807) is 0 Å². The molecule has 3 heteroatoms. The Kier molecular flexibility index (Phi) is 3.21. The van der Waals surface area contributed by atoms with Crippen LogP contribution in [0.4, 0.5) is 28.4 Å². The first kappa shape index (κ1) is 15.6. The fourth-order valence-electron chi connectivity index (χ4n) is 4.89. The summed E-state index contributed by atoms with van der Waals surface area (Å²) in [4.78, 5) is 4.74. The molecule has 2 aliphatic rings. The Morgan fingerprint density at radius 2 is 1.11 bits per heavy atom. The van der Waals surface area contributed by atoms with Gasteiger partial charge in [0.15, 0.2) is 0 Å². The van der Waals surface area contributed by atoms with Gasteiger partial charge in [0.1, 0.15) is 0 Å². The molecule has 0 N–H and O–H groups in total. The standard InChI is InChI=1S/C25H19BN2/c1-27-21-14-7-5-12-19(21)26-20-13-6-8-15-22(20)28(18-10-3-2-4-11-18)24-17-9-16-23(27)25(24)26/h2-17H,1H3. The van der Waals surface area contributed by atoms with Gasteiger partial charge in [0.2, 0.25) is 0 Å². The highest BCUT2D eigenvalue weighted by molar-refractivity contribution is 7.00. The average molecular weight is 358 g/mol. The summed E-state index contributed by atoms with van der Waals surface area (Å²) in [6.45, 7) is 0.259. The Morgan fingerprint density at radius 1 is 0.536 bits per heavy atom. The summed E-state index contributed by atoms with van der Waals surface area (Å²) in [5.41, 5.74) is 10.5. The van der Waals surface area contributed by atoms with Gasteiger partial charge in [-0.1, -0.05) is 60.7 Å². The molecule has 0 amide bonds. The van der Waals surface area contributed by atoms with Crippen LogP contribution in [0.1, 0.15) is 0 Å².